The maximum absolute atomic E-state index is 11.7. The molecule has 8 heteroatoms. The molecule has 2 rings (SSSR count). The van der Waals surface area contributed by atoms with Crippen molar-refractivity contribution in [2.75, 3.05) is 6.61 Å². The van der Waals surface area contributed by atoms with Gasteiger partial charge in [0.05, 0.1) is 10.7 Å². The summed E-state index contributed by atoms with van der Waals surface area (Å²) >= 11 is 9.97. The molecule has 0 spiro atoms. The zero-order valence-corrected chi connectivity index (χ0v) is 16.4. The number of hydrazone groups is 1. The molecule has 5 nitrogen and oxygen atoms in total. The second kappa shape index (κ2) is 8.47. The minimum atomic E-state index is -0.412. The lowest BCUT2D eigenvalue weighted by atomic mass is 10.2. The van der Waals surface area contributed by atoms with Crippen LogP contribution in [0, 0.1) is 0 Å². The summed E-state index contributed by atoms with van der Waals surface area (Å²) in [6.45, 7) is -0.179. The van der Waals surface area contributed by atoms with E-state index in [1.807, 2.05) is 12.1 Å². The van der Waals surface area contributed by atoms with Crippen LogP contribution in [0.3, 0.4) is 0 Å². The Hall–Kier alpha value is -1.38. The number of phenolic OH excluding ortho intramolecular Hbond substituents is 1. The Kier molecular flexibility index (Phi) is 6.61. The van der Waals surface area contributed by atoms with E-state index in [4.69, 9.17) is 4.74 Å². The quantitative estimate of drug-likeness (QED) is 0.471. The van der Waals surface area contributed by atoms with Gasteiger partial charge in [0, 0.05) is 14.5 Å². The summed E-state index contributed by atoms with van der Waals surface area (Å²) < 4.78 is 7.83. The van der Waals surface area contributed by atoms with Crippen LogP contribution in [0.15, 0.2) is 54.9 Å². The van der Waals surface area contributed by atoms with Crippen molar-refractivity contribution in [3.05, 3.63) is 55.4 Å². The summed E-state index contributed by atoms with van der Waals surface area (Å²) in [6.07, 6.45) is 1.35. The zero-order valence-electron chi connectivity index (χ0n) is 11.6. The monoisotopic (exact) mass is 504 g/mol. The molecule has 0 aliphatic rings. The van der Waals surface area contributed by atoms with Crippen molar-refractivity contribution in [1.82, 2.24) is 5.43 Å². The van der Waals surface area contributed by atoms with E-state index in [-0.39, 0.29) is 12.4 Å². The third-order valence-corrected chi connectivity index (χ3v) is 4.24. The van der Waals surface area contributed by atoms with E-state index in [1.165, 1.54) is 12.3 Å². The topological polar surface area (TPSA) is 70.9 Å². The Balaban J connectivity index is 1.87. The highest BCUT2D eigenvalue weighted by Gasteiger charge is 2.05. The van der Waals surface area contributed by atoms with Gasteiger partial charge >= 0.3 is 0 Å². The smallest absolute Gasteiger partial charge is 0.277 e. The average molecular weight is 507 g/mol. The third-order valence-electron chi connectivity index (χ3n) is 2.64. The number of halogens is 3. The van der Waals surface area contributed by atoms with Gasteiger partial charge in [-0.2, -0.15) is 5.10 Å². The molecule has 2 aromatic carbocycles. The Morgan fingerprint density at radius 3 is 2.61 bits per heavy atom. The van der Waals surface area contributed by atoms with Gasteiger partial charge < -0.3 is 9.84 Å². The Labute approximate surface area is 158 Å². The van der Waals surface area contributed by atoms with Crippen molar-refractivity contribution < 1.29 is 14.6 Å². The number of benzene rings is 2. The summed E-state index contributed by atoms with van der Waals surface area (Å²) in [5, 5.41) is 13.4. The second-order valence-electron chi connectivity index (χ2n) is 4.36. The molecule has 0 aromatic heterocycles. The molecule has 0 radical (unpaired) electrons. The van der Waals surface area contributed by atoms with Crippen molar-refractivity contribution >= 4 is 59.9 Å². The minimum absolute atomic E-state index is 0.0706. The molecular formula is C15H11Br3N2O3. The van der Waals surface area contributed by atoms with Crippen molar-refractivity contribution in [2.24, 2.45) is 5.10 Å². The van der Waals surface area contributed by atoms with Crippen molar-refractivity contribution in [1.29, 1.82) is 0 Å². The number of rotatable bonds is 5. The Bertz CT molecular complexity index is 751. The predicted molar refractivity (Wildman–Crippen MR) is 98.9 cm³/mol. The van der Waals surface area contributed by atoms with Crippen LogP contribution in [0.5, 0.6) is 11.5 Å². The van der Waals surface area contributed by atoms with Crippen LogP contribution in [0.25, 0.3) is 0 Å². The molecule has 0 bridgehead atoms. The fraction of sp³-hybridized carbons (Fsp3) is 0.0667. The van der Waals surface area contributed by atoms with Crippen LogP contribution in [-0.4, -0.2) is 23.8 Å². The SMILES string of the molecule is O=C(COc1ccc(Br)cc1Br)N/N=C/c1cc(Br)ccc1O. The number of hydrogen-bond donors (Lipinski definition) is 2. The summed E-state index contributed by atoms with van der Waals surface area (Å²) in [5.74, 6) is 0.212. The van der Waals surface area contributed by atoms with Crippen LogP contribution in [0.4, 0.5) is 0 Å². The minimum Gasteiger partial charge on any atom is -0.507 e. The van der Waals surface area contributed by atoms with Gasteiger partial charge in [-0.25, -0.2) is 5.43 Å². The summed E-state index contributed by atoms with van der Waals surface area (Å²) in [6, 6.07) is 10.3. The van der Waals surface area contributed by atoms with Crippen molar-refractivity contribution in [2.45, 2.75) is 0 Å². The summed E-state index contributed by atoms with van der Waals surface area (Å²) in [4.78, 5) is 11.7. The van der Waals surface area contributed by atoms with E-state index >= 15 is 0 Å². The molecular weight excluding hydrogens is 496 g/mol. The van der Waals surface area contributed by atoms with E-state index in [0.717, 1.165) is 13.4 Å². The highest BCUT2D eigenvalue weighted by Crippen LogP contribution is 2.28. The van der Waals surface area contributed by atoms with Crippen molar-refractivity contribution in [3.8, 4) is 11.5 Å². The first-order valence-electron chi connectivity index (χ1n) is 6.34. The maximum atomic E-state index is 11.7. The first kappa shape index (κ1) is 18.0. The first-order valence-corrected chi connectivity index (χ1v) is 8.72. The zero-order chi connectivity index (χ0) is 16.8. The van der Waals surface area contributed by atoms with Gasteiger partial charge in [-0.3, -0.25) is 4.79 Å². The molecule has 0 aliphatic heterocycles. The van der Waals surface area contributed by atoms with Gasteiger partial charge in [0.1, 0.15) is 11.5 Å². The largest absolute Gasteiger partial charge is 0.507 e. The molecule has 23 heavy (non-hydrogen) atoms. The molecule has 0 unspecified atom stereocenters. The van der Waals surface area contributed by atoms with E-state index < -0.39 is 5.91 Å². The van der Waals surface area contributed by atoms with Gasteiger partial charge in [0.15, 0.2) is 6.61 Å². The third kappa shape index (κ3) is 5.63. The lowest BCUT2D eigenvalue weighted by Crippen LogP contribution is -2.24. The Morgan fingerprint density at radius 1 is 1.17 bits per heavy atom. The van der Waals surface area contributed by atoms with Crippen molar-refractivity contribution in [3.63, 3.8) is 0 Å². The van der Waals surface area contributed by atoms with Gasteiger partial charge in [-0.05, 0) is 52.3 Å². The molecule has 0 saturated carbocycles. The molecule has 0 atom stereocenters. The molecule has 0 saturated heterocycles. The van der Waals surface area contributed by atoms with E-state index in [1.54, 1.807) is 18.2 Å². The first-order chi connectivity index (χ1) is 11.0. The molecule has 0 aliphatic carbocycles. The molecule has 1 amide bonds. The Morgan fingerprint density at radius 2 is 1.87 bits per heavy atom. The number of phenols is 1. The van der Waals surface area contributed by atoms with Gasteiger partial charge in [-0.15, -0.1) is 0 Å². The normalized spacial score (nSPS) is 10.7. The van der Waals surface area contributed by atoms with E-state index in [0.29, 0.717) is 11.3 Å². The fourth-order valence-corrected chi connectivity index (χ4v) is 3.11. The molecule has 120 valence electrons. The lowest BCUT2D eigenvalue weighted by Gasteiger charge is -2.07. The predicted octanol–water partition coefficient (Wildman–Crippen LogP) is 4.21. The van der Waals surface area contributed by atoms with Crippen LogP contribution < -0.4 is 10.2 Å². The number of carbonyl (C=O) groups is 1. The van der Waals surface area contributed by atoms with Gasteiger partial charge in [0.25, 0.3) is 5.91 Å². The summed E-state index contributed by atoms with van der Waals surface area (Å²) in [7, 11) is 0. The number of aromatic hydroxyl groups is 1. The summed E-state index contributed by atoms with van der Waals surface area (Å²) in [5.41, 5.74) is 2.82. The van der Waals surface area contributed by atoms with Crippen LogP contribution in [0.2, 0.25) is 0 Å². The number of carbonyl (C=O) groups excluding carboxylic acids is 1. The number of nitrogens with one attached hydrogen (secondary N) is 1. The van der Waals surface area contributed by atoms with Crippen LogP contribution in [-0.2, 0) is 4.79 Å². The van der Waals surface area contributed by atoms with Gasteiger partial charge in [0.2, 0.25) is 0 Å². The molecule has 2 aromatic rings. The number of ether oxygens (including phenoxy) is 1. The molecule has 0 fully saturated rings. The fourth-order valence-electron chi connectivity index (χ4n) is 1.57. The van der Waals surface area contributed by atoms with Gasteiger partial charge in [-0.1, -0.05) is 31.9 Å². The molecule has 0 heterocycles. The van der Waals surface area contributed by atoms with E-state index in [9.17, 15) is 9.90 Å². The average Bonchev–Trinajstić information content (AvgIpc) is 2.50. The standard InChI is InChI=1S/C15H11Br3N2O3/c16-10-1-3-13(21)9(5-10)7-19-20-15(22)8-23-14-4-2-11(17)6-12(14)18/h1-7,21H,8H2,(H,20,22)/b19-7+. The maximum Gasteiger partial charge on any atom is 0.277 e. The number of nitrogens with zero attached hydrogens (tertiary/aromatic N) is 1. The number of amides is 1. The highest BCUT2D eigenvalue weighted by molar-refractivity contribution is 9.11. The second-order valence-corrected chi connectivity index (χ2v) is 7.05. The number of hydrogen-bond acceptors (Lipinski definition) is 4. The van der Waals surface area contributed by atoms with E-state index in [2.05, 4.69) is 58.3 Å². The highest BCUT2D eigenvalue weighted by atomic mass is 79.9. The molecule has 2 N–H and O–H groups in total. The lowest BCUT2D eigenvalue weighted by molar-refractivity contribution is -0.123. The van der Waals surface area contributed by atoms with Crippen LogP contribution in [0.1, 0.15) is 5.56 Å². The van der Waals surface area contributed by atoms with Crippen LogP contribution >= 0.6 is 47.8 Å².